The molecule has 0 saturated heterocycles. The number of amides is 1. The molecule has 1 heterocycles. The lowest BCUT2D eigenvalue weighted by molar-refractivity contribution is -0.193. The number of carbonyl (C=O) groups excluding carboxylic acids is 1. The van der Waals surface area contributed by atoms with E-state index in [1.165, 1.54) is 6.07 Å². The highest BCUT2D eigenvalue weighted by atomic mass is 19.3. The summed E-state index contributed by atoms with van der Waals surface area (Å²) in [6.07, 6.45) is -5.35. The van der Waals surface area contributed by atoms with Crippen molar-refractivity contribution in [1.29, 1.82) is 0 Å². The second kappa shape index (κ2) is 5.40. The van der Waals surface area contributed by atoms with Gasteiger partial charge in [-0.25, -0.2) is 8.78 Å². The van der Waals surface area contributed by atoms with Gasteiger partial charge in [-0.2, -0.15) is 8.78 Å². The van der Waals surface area contributed by atoms with Crippen LogP contribution in [0, 0.1) is 0 Å². The van der Waals surface area contributed by atoms with Crippen molar-refractivity contribution in [1.82, 2.24) is 5.32 Å². The van der Waals surface area contributed by atoms with Crippen LogP contribution in [0.15, 0.2) is 18.2 Å². The number of hydrogen-bond donors (Lipinski definition) is 2. The monoisotopic (exact) mass is 291 g/mol. The Morgan fingerprint density at radius 1 is 1.30 bits per heavy atom. The van der Waals surface area contributed by atoms with Crippen LogP contribution in [0.3, 0.4) is 0 Å². The van der Waals surface area contributed by atoms with Crippen LogP contribution in [0.25, 0.3) is 0 Å². The van der Waals surface area contributed by atoms with Gasteiger partial charge in [-0.3, -0.25) is 4.79 Å². The van der Waals surface area contributed by atoms with Gasteiger partial charge in [-0.05, 0) is 30.0 Å². The molecular formula is C13H13F4NO2. The molecule has 1 atom stereocenters. The van der Waals surface area contributed by atoms with Gasteiger partial charge in [0.1, 0.15) is 6.10 Å². The van der Waals surface area contributed by atoms with E-state index in [2.05, 4.69) is 5.32 Å². The molecule has 1 unspecified atom stereocenters. The normalized spacial score (nSPS) is 17.4. The highest BCUT2D eigenvalue weighted by Crippen LogP contribution is 2.37. The van der Waals surface area contributed by atoms with Crippen LogP contribution < -0.4 is 5.32 Å². The smallest absolute Gasteiger partial charge is 0.336 e. The van der Waals surface area contributed by atoms with Crippen molar-refractivity contribution in [2.45, 2.75) is 31.3 Å². The second-order valence-electron chi connectivity index (χ2n) is 4.65. The summed E-state index contributed by atoms with van der Waals surface area (Å²) in [6, 6.07) is 3.62. The molecule has 1 aliphatic rings. The predicted molar refractivity (Wildman–Crippen MR) is 63.0 cm³/mol. The van der Waals surface area contributed by atoms with E-state index in [9.17, 15) is 27.5 Å². The lowest BCUT2D eigenvalue weighted by Crippen LogP contribution is -2.34. The summed E-state index contributed by atoms with van der Waals surface area (Å²) in [4.78, 5) is 11.7. The van der Waals surface area contributed by atoms with Crippen molar-refractivity contribution in [3.05, 3.63) is 34.9 Å². The van der Waals surface area contributed by atoms with Gasteiger partial charge in [0, 0.05) is 12.1 Å². The van der Waals surface area contributed by atoms with Gasteiger partial charge in [0.05, 0.1) is 0 Å². The van der Waals surface area contributed by atoms with E-state index in [0.717, 1.165) is 12.1 Å². The van der Waals surface area contributed by atoms with Crippen LogP contribution in [-0.2, 0) is 6.42 Å². The Morgan fingerprint density at radius 2 is 2.00 bits per heavy atom. The van der Waals surface area contributed by atoms with E-state index < -0.39 is 29.9 Å². The predicted octanol–water partition coefficient (Wildman–Crippen LogP) is 2.30. The summed E-state index contributed by atoms with van der Waals surface area (Å²) >= 11 is 0. The molecule has 2 rings (SSSR count). The summed E-state index contributed by atoms with van der Waals surface area (Å²) in [6.45, 7) is 0.457. The molecule has 7 heteroatoms. The summed E-state index contributed by atoms with van der Waals surface area (Å²) in [5, 5.41) is 12.0. The first-order valence-electron chi connectivity index (χ1n) is 6.09. The Bertz CT molecular complexity index is 519. The zero-order valence-corrected chi connectivity index (χ0v) is 10.4. The van der Waals surface area contributed by atoms with Gasteiger partial charge in [-0.1, -0.05) is 12.1 Å². The highest BCUT2D eigenvalue weighted by Gasteiger charge is 2.48. The number of benzene rings is 1. The van der Waals surface area contributed by atoms with E-state index in [1.54, 1.807) is 0 Å². The van der Waals surface area contributed by atoms with Crippen LogP contribution in [0.1, 0.15) is 34.0 Å². The number of fused-ring (bicyclic) bond motifs is 1. The molecule has 1 aromatic carbocycles. The summed E-state index contributed by atoms with van der Waals surface area (Å²) in [5.74, 6) is -5.01. The molecule has 0 saturated carbocycles. The fraction of sp³-hybridized carbons (Fsp3) is 0.462. The van der Waals surface area contributed by atoms with Gasteiger partial charge < -0.3 is 10.4 Å². The molecule has 1 aliphatic heterocycles. The number of nitrogens with one attached hydrogen (secondary N) is 1. The fourth-order valence-corrected chi connectivity index (χ4v) is 2.11. The van der Waals surface area contributed by atoms with Crippen LogP contribution in [0.4, 0.5) is 17.6 Å². The maximum atomic E-state index is 13.1. The number of aliphatic hydroxyl groups excluding tert-OH is 1. The SMILES string of the molecule is O=C1NCCCc2ccc(C(O)C(F)(F)C(F)F)cc21. The fourth-order valence-electron chi connectivity index (χ4n) is 2.11. The summed E-state index contributed by atoms with van der Waals surface area (Å²) in [7, 11) is 0. The minimum Gasteiger partial charge on any atom is -0.382 e. The van der Waals surface area contributed by atoms with E-state index >= 15 is 0 Å². The average molecular weight is 291 g/mol. The number of rotatable bonds is 3. The van der Waals surface area contributed by atoms with E-state index in [1.807, 2.05) is 0 Å². The minimum absolute atomic E-state index is 0.143. The van der Waals surface area contributed by atoms with Gasteiger partial charge in [0.25, 0.3) is 5.91 Å². The molecule has 1 amide bonds. The standard InChI is InChI=1S/C13H13F4NO2/c14-12(15)13(16,17)10(19)8-4-3-7-2-1-5-18-11(20)9(7)6-8/h3-4,6,10,12,19H,1-2,5H2,(H,18,20). The average Bonchev–Trinajstić information content (AvgIpc) is 2.59. The lowest BCUT2D eigenvalue weighted by atomic mass is 9.96. The molecule has 0 aromatic heterocycles. The van der Waals surface area contributed by atoms with E-state index in [0.29, 0.717) is 24.9 Å². The van der Waals surface area contributed by atoms with Gasteiger partial charge in [0.15, 0.2) is 0 Å². The van der Waals surface area contributed by atoms with E-state index in [4.69, 9.17) is 0 Å². The summed E-state index contributed by atoms with van der Waals surface area (Å²) < 4.78 is 50.7. The zero-order valence-electron chi connectivity index (χ0n) is 10.4. The van der Waals surface area contributed by atoms with Crippen molar-refractivity contribution in [2.24, 2.45) is 0 Å². The van der Waals surface area contributed by atoms with Crippen LogP contribution in [0.5, 0.6) is 0 Å². The first kappa shape index (κ1) is 14.8. The van der Waals surface area contributed by atoms with Crippen LogP contribution in [0.2, 0.25) is 0 Å². The van der Waals surface area contributed by atoms with Crippen LogP contribution in [-0.4, -0.2) is 29.9 Å². The molecule has 0 aliphatic carbocycles. The molecule has 2 N–H and O–H groups in total. The maximum absolute atomic E-state index is 13.1. The van der Waals surface area contributed by atoms with Crippen molar-refractivity contribution >= 4 is 5.91 Å². The zero-order chi connectivity index (χ0) is 14.9. The maximum Gasteiger partial charge on any atom is 0.336 e. The number of alkyl halides is 4. The Balaban J connectivity index is 2.38. The third-order valence-electron chi connectivity index (χ3n) is 3.26. The van der Waals surface area contributed by atoms with Crippen molar-refractivity contribution in [3.8, 4) is 0 Å². The minimum atomic E-state index is -4.56. The van der Waals surface area contributed by atoms with Crippen LogP contribution >= 0.6 is 0 Å². The molecule has 110 valence electrons. The molecule has 3 nitrogen and oxygen atoms in total. The molecular weight excluding hydrogens is 278 g/mol. The van der Waals surface area contributed by atoms with Gasteiger partial charge in [-0.15, -0.1) is 0 Å². The molecule has 20 heavy (non-hydrogen) atoms. The number of halogens is 4. The second-order valence-corrected chi connectivity index (χ2v) is 4.65. The van der Waals surface area contributed by atoms with Gasteiger partial charge >= 0.3 is 12.3 Å². The van der Waals surface area contributed by atoms with Crippen molar-refractivity contribution in [2.75, 3.05) is 6.54 Å². The summed E-state index contributed by atoms with van der Waals surface area (Å²) in [5.41, 5.74) is 0.395. The molecule has 0 radical (unpaired) electrons. The molecule has 0 spiro atoms. The topological polar surface area (TPSA) is 49.3 Å². The number of aryl methyl sites for hydroxylation is 1. The molecule has 1 aromatic rings. The Labute approximate surface area is 112 Å². The largest absolute Gasteiger partial charge is 0.382 e. The van der Waals surface area contributed by atoms with E-state index in [-0.39, 0.29) is 5.56 Å². The first-order chi connectivity index (χ1) is 9.34. The lowest BCUT2D eigenvalue weighted by Gasteiger charge is -2.22. The van der Waals surface area contributed by atoms with Crippen molar-refractivity contribution < 1.29 is 27.5 Å². The third kappa shape index (κ3) is 2.63. The number of aliphatic hydroxyl groups is 1. The molecule has 0 fully saturated rings. The Hall–Kier alpha value is -1.63. The quantitative estimate of drug-likeness (QED) is 0.840. The highest BCUT2D eigenvalue weighted by molar-refractivity contribution is 5.96. The Morgan fingerprint density at radius 3 is 2.65 bits per heavy atom. The van der Waals surface area contributed by atoms with Crippen molar-refractivity contribution in [3.63, 3.8) is 0 Å². The first-order valence-corrected chi connectivity index (χ1v) is 6.09. The third-order valence-corrected chi connectivity index (χ3v) is 3.26. The Kier molecular flexibility index (Phi) is 3.99. The number of hydrogen-bond acceptors (Lipinski definition) is 2. The molecule has 0 bridgehead atoms. The van der Waals surface area contributed by atoms with Gasteiger partial charge in [0.2, 0.25) is 0 Å². The number of carbonyl (C=O) groups is 1.